The smallest absolute Gasteiger partial charge is 0.317 e. The molecule has 170 valence electrons. The second-order valence-electron chi connectivity index (χ2n) is 7.68. The van der Waals surface area contributed by atoms with Gasteiger partial charge in [0.25, 0.3) is 5.56 Å². The lowest BCUT2D eigenvalue weighted by Gasteiger charge is -2.22. The molecule has 0 fully saturated rings. The van der Waals surface area contributed by atoms with E-state index in [4.69, 9.17) is 16.3 Å². The van der Waals surface area contributed by atoms with Gasteiger partial charge in [-0.25, -0.2) is 9.78 Å². The van der Waals surface area contributed by atoms with Crippen LogP contribution in [0.3, 0.4) is 0 Å². The van der Waals surface area contributed by atoms with Crippen LogP contribution in [-0.2, 0) is 6.54 Å². The Bertz CT molecular complexity index is 1340. The van der Waals surface area contributed by atoms with E-state index in [1.165, 1.54) is 0 Å². The van der Waals surface area contributed by atoms with Crippen molar-refractivity contribution in [2.75, 3.05) is 19.7 Å². The zero-order valence-corrected chi connectivity index (χ0v) is 19.1. The van der Waals surface area contributed by atoms with Crippen LogP contribution >= 0.6 is 11.6 Å². The normalized spacial score (nSPS) is 11.0. The van der Waals surface area contributed by atoms with Gasteiger partial charge in [0, 0.05) is 11.6 Å². The van der Waals surface area contributed by atoms with Crippen LogP contribution in [0.25, 0.3) is 21.7 Å². The number of aromatic amines is 1. The maximum Gasteiger partial charge on any atom is 0.317 e. The number of carbonyl (C=O) groups excluding carboxylic acids is 1. The van der Waals surface area contributed by atoms with Crippen molar-refractivity contribution in [3.63, 3.8) is 0 Å². The van der Waals surface area contributed by atoms with E-state index >= 15 is 0 Å². The molecule has 8 heteroatoms. The Kier molecular flexibility index (Phi) is 7.10. The average molecular weight is 465 g/mol. The molecule has 0 aliphatic rings. The van der Waals surface area contributed by atoms with Crippen LogP contribution in [0.1, 0.15) is 19.2 Å². The molecule has 1 heterocycles. The highest BCUT2D eigenvalue weighted by atomic mass is 35.5. The maximum atomic E-state index is 12.7. The van der Waals surface area contributed by atoms with E-state index in [1.807, 2.05) is 49.4 Å². The molecule has 0 radical (unpaired) electrons. The molecule has 0 spiro atoms. The van der Waals surface area contributed by atoms with Crippen molar-refractivity contribution in [2.24, 2.45) is 0 Å². The summed E-state index contributed by atoms with van der Waals surface area (Å²) in [5.41, 5.74) is 0.245. The van der Waals surface area contributed by atoms with Crippen LogP contribution in [0, 0.1) is 0 Å². The summed E-state index contributed by atoms with van der Waals surface area (Å²) < 4.78 is 5.79. The third kappa shape index (κ3) is 5.62. The number of H-pyrrole nitrogens is 1. The van der Waals surface area contributed by atoms with Crippen molar-refractivity contribution in [1.29, 1.82) is 0 Å². The number of urea groups is 1. The zero-order valence-electron chi connectivity index (χ0n) is 18.3. The number of benzene rings is 3. The Morgan fingerprint density at radius 2 is 1.94 bits per heavy atom. The Morgan fingerprint density at radius 3 is 2.76 bits per heavy atom. The number of fused-ring (bicyclic) bond motifs is 2. The first kappa shape index (κ1) is 22.6. The van der Waals surface area contributed by atoms with E-state index in [9.17, 15) is 9.59 Å². The largest absolute Gasteiger partial charge is 0.492 e. The number of carbonyl (C=O) groups is 1. The first-order valence-corrected chi connectivity index (χ1v) is 11.2. The van der Waals surface area contributed by atoms with Crippen molar-refractivity contribution >= 4 is 39.3 Å². The highest BCUT2D eigenvalue weighted by molar-refractivity contribution is 6.31. The molecule has 0 aliphatic carbocycles. The van der Waals surface area contributed by atoms with Gasteiger partial charge in [0.1, 0.15) is 18.2 Å². The van der Waals surface area contributed by atoms with Crippen molar-refractivity contribution < 1.29 is 9.53 Å². The third-order valence-electron chi connectivity index (χ3n) is 5.21. The summed E-state index contributed by atoms with van der Waals surface area (Å²) >= 11 is 6.03. The maximum absolute atomic E-state index is 12.7. The Hall–Kier alpha value is -3.58. The fraction of sp³-hybridized carbons (Fsp3) is 0.240. The highest BCUT2D eigenvalue weighted by Crippen LogP contribution is 2.20. The van der Waals surface area contributed by atoms with Gasteiger partial charge in [0.2, 0.25) is 0 Å². The minimum Gasteiger partial charge on any atom is -0.492 e. The van der Waals surface area contributed by atoms with E-state index in [1.54, 1.807) is 23.1 Å². The van der Waals surface area contributed by atoms with Crippen LogP contribution in [0.15, 0.2) is 65.5 Å². The summed E-state index contributed by atoms with van der Waals surface area (Å²) in [5, 5.41) is 6.09. The van der Waals surface area contributed by atoms with Crippen LogP contribution < -0.4 is 15.6 Å². The van der Waals surface area contributed by atoms with Gasteiger partial charge in [0.15, 0.2) is 0 Å². The molecule has 33 heavy (non-hydrogen) atoms. The number of nitrogens with zero attached hydrogens (tertiary/aromatic N) is 2. The third-order valence-corrected chi connectivity index (χ3v) is 5.44. The van der Waals surface area contributed by atoms with Crippen molar-refractivity contribution in [2.45, 2.75) is 19.9 Å². The van der Waals surface area contributed by atoms with E-state index in [-0.39, 0.29) is 18.1 Å². The van der Waals surface area contributed by atoms with Gasteiger partial charge in [-0.05, 0) is 47.5 Å². The number of halogens is 1. The average Bonchev–Trinajstić information content (AvgIpc) is 2.81. The molecular weight excluding hydrogens is 440 g/mol. The van der Waals surface area contributed by atoms with E-state index in [0.29, 0.717) is 41.4 Å². The highest BCUT2D eigenvalue weighted by Gasteiger charge is 2.15. The SMILES string of the molecule is CCCN(Cc1nc2cc(Cl)ccc2c(=O)[nH]1)C(=O)NCCOc1ccc2ccccc2c1. The molecular formula is C25H25ClN4O3. The Balaban J connectivity index is 1.36. The first-order valence-electron chi connectivity index (χ1n) is 10.9. The molecule has 1 aromatic heterocycles. The molecule has 0 atom stereocenters. The van der Waals surface area contributed by atoms with Crippen LogP contribution in [0.4, 0.5) is 4.79 Å². The molecule has 3 aromatic carbocycles. The van der Waals surface area contributed by atoms with Crippen LogP contribution in [0.2, 0.25) is 5.02 Å². The minimum atomic E-state index is -0.257. The number of amides is 2. The minimum absolute atomic E-state index is 0.183. The van der Waals surface area contributed by atoms with Gasteiger partial charge >= 0.3 is 6.03 Å². The molecule has 2 N–H and O–H groups in total. The summed E-state index contributed by atoms with van der Waals surface area (Å²) in [4.78, 5) is 34.0. The number of hydrogen-bond acceptors (Lipinski definition) is 4. The quantitative estimate of drug-likeness (QED) is 0.369. The first-order chi connectivity index (χ1) is 16.0. The molecule has 2 amide bonds. The molecule has 0 unspecified atom stereocenters. The lowest BCUT2D eigenvalue weighted by Crippen LogP contribution is -2.42. The molecule has 0 saturated heterocycles. The van der Waals surface area contributed by atoms with Gasteiger partial charge in [-0.15, -0.1) is 0 Å². The second-order valence-corrected chi connectivity index (χ2v) is 8.12. The molecule has 4 aromatic rings. The summed E-state index contributed by atoms with van der Waals surface area (Å²) in [6, 6.07) is 18.7. The lowest BCUT2D eigenvalue weighted by molar-refractivity contribution is 0.190. The molecule has 7 nitrogen and oxygen atoms in total. The van der Waals surface area contributed by atoms with Crippen molar-refractivity contribution in [3.05, 3.63) is 81.9 Å². The fourth-order valence-electron chi connectivity index (χ4n) is 3.63. The number of rotatable bonds is 8. The summed E-state index contributed by atoms with van der Waals surface area (Å²) in [6.45, 7) is 3.38. The lowest BCUT2D eigenvalue weighted by atomic mass is 10.1. The molecule has 0 bridgehead atoms. The molecule has 0 aliphatic heterocycles. The molecule has 0 saturated carbocycles. The topological polar surface area (TPSA) is 87.3 Å². The van der Waals surface area contributed by atoms with Gasteiger partial charge in [-0.2, -0.15) is 0 Å². The van der Waals surface area contributed by atoms with Crippen molar-refractivity contribution in [3.8, 4) is 5.75 Å². The van der Waals surface area contributed by atoms with Gasteiger partial charge in [-0.1, -0.05) is 48.9 Å². The second kappa shape index (κ2) is 10.4. The number of hydrogen-bond donors (Lipinski definition) is 2. The summed E-state index contributed by atoms with van der Waals surface area (Å²) in [6.07, 6.45) is 0.769. The number of aromatic nitrogens is 2. The van der Waals surface area contributed by atoms with E-state index in [2.05, 4.69) is 15.3 Å². The summed E-state index contributed by atoms with van der Waals surface area (Å²) in [5.74, 6) is 1.16. The van der Waals surface area contributed by atoms with Crippen molar-refractivity contribution in [1.82, 2.24) is 20.2 Å². The standard InChI is InChI=1S/C25H25ClN4O3/c1-2-12-30(16-23-28-22-15-19(26)8-10-21(22)24(31)29-23)25(32)27-11-13-33-20-9-7-17-5-3-4-6-18(17)14-20/h3-10,14-15H,2,11-13,16H2,1H3,(H,27,32)(H,28,29,31). The number of nitrogens with one attached hydrogen (secondary N) is 2. The van der Waals surface area contributed by atoms with Crippen LogP contribution in [-0.4, -0.2) is 40.6 Å². The predicted molar refractivity (Wildman–Crippen MR) is 131 cm³/mol. The Labute approximate surface area is 196 Å². The summed E-state index contributed by atoms with van der Waals surface area (Å²) in [7, 11) is 0. The number of ether oxygens (including phenoxy) is 1. The monoisotopic (exact) mass is 464 g/mol. The van der Waals surface area contributed by atoms with Gasteiger partial charge in [-0.3, -0.25) is 4.79 Å². The molecule has 4 rings (SSSR count). The van der Waals surface area contributed by atoms with Gasteiger partial charge in [0.05, 0.1) is 24.0 Å². The van der Waals surface area contributed by atoms with E-state index < -0.39 is 0 Å². The zero-order chi connectivity index (χ0) is 23.2. The van der Waals surface area contributed by atoms with Gasteiger partial charge < -0.3 is 19.9 Å². The fourth-order valence-corrected chi connectivity index (χ4v) is 3.80. The predicted octanol–water partition coefficient (Wildman–Crippen LogP) is 4.73. The Morgan fingerprint density at radius 1 is 1.12 bits per heavy atom. The van der Waals surface area contributed by atoms with Crippen LogP contribution in [0.5, 0.6) is 5.75 Å². The van der Waals surface area contributed by atoms with E-state index in [0.717, 1.165) is 22.9 Å².